The molecule has 1 aromatic rings. The van der Waals surface area contributed by atoms with Gasteiger partial charge in [0.2, 0.25) is 0 Å². The van der Waals surface area contributed by atoms with Gasteiger partial charge in [-0.15, -0.1) is 0 Å². The second-order valence-corrected chi connectivity index (χ2v) is 6.18. The lowest BCUT2D eigenvalue weighted by Crippen LogP contribution is -2.47. The summed E-state index contributed by atoms with van der Waals surface area (Å²) in [7, 11) is 1.98. The number of likely N-dealkylation sites (N-methyl/N-ethyl adjacent to an activating group) is 1. The van der Waals surface area contributed by atoms with Gasteiger partial charge in [0.25, 0.3) is 0 Å². The van der Waals surface area contributed by atoms with Crippen molar-refractivity contribution in [3.8, 4) is 18.2 Å². The van der Waals surface area contributed by atoms with Crippen LogP contribution in [-0.2, 0) is 0 Å². The van der Waals surface area contributed by atoms with Gasteiger partial charge in [0, 0.05) is 37.3 Å². The fraction of sp³-hybridized carbons (Fsp3) is 0.333. The van der Waals surface area contributed by atoms with E-state index in [4.69, 9.17) is 5.73 Å². The molecule has 0 unspecified atom stereocenters. The third-order valence-corrected chi connectivity index (χ3v) is 4.91. The summed E-state index contributed by atoms with van der Waals surface area (Å²) in [5, 5.41) is 29.3. The lowest BCUT2D eigenvalue weighted by Gasteiger charge is -2.45. The first-order chi connectivity index (χ1) is 11.6. The van der Waals surface area contributed by atoms with Crippen LogP contribution < -0.4 is 5.73 Å². The number of nitriles is 3. The third kappa shape index (κ3) is 2.07. The van der Waals surface area contributed by atoms with E-state index in [-0.39, 0.29) is 17.2 Å². The Morgan fingerprint density at radius 1 is 1.25 bits per heavy atom. The SMILES string of the molecule is CN1CC=C2C(C#N)=C(N)C(C#N)(C#N)[C@H](c3ccncc3)[C@H]2C1. The smallest absolute Gasteiger partial charge is 0.191 e. The maximum Gasteiger partial charge on any atom is 0.191 e. The van der Waals surface area contributed by atoms with Gasteiger partial charge in [0.05, 0.1) is 23.4 Å². The highest BCUT2D eigenvalue weighted by molar-refractivity contribution is 5.59. The van der Waals surface area contributed by atoms with Crippen LogP contribution in [0.5, 0.6) is 0 Å². The number of rotatable bonds is 1. The topological polar surface area (TPSA) is 114 Å². The Bertz CT molecular complexity index is 832. The number of pyridine rings is 1. The minimum atomic E-state index is -1.56. The van der Waals surface area contributed by atoms with Gasteiger partial charge in [-0.05, 0) is 30.3 Å². The summed E-state index contributed by atoms with van der Waals surface area (Å²) in [6, 6.07) is 9.97. The molecule has 2 N–H and O–H groups in total. The van der Waals surface area contributed by atoms with Crippen molar-refractivity contribution in [1.82, 2.24) is 9.88 Å². The van der Waals surface area contributed by atoms with Crippen LogP contribution >= 0.6 is 0 Å². The zero-order valence-electron chi connectivity index (χ0n) is 13.3. The van der Waals surface area contributed by atoms with E-state index in [1.807, 2.05) is 25.3 Å². The molecule has 0 radical (unpaired) electrons. The molecular weight excluding hydrogens is 300 g/mol. The average molecular weight is 316 g/mol. The quantitative estimate of drug-likeness (QED) is 0.838. The lowest BCUT2D eigenvalue weighted by molar-refractivity contribution is 0.237. The molecule has 0 amide bonds. The average Bonchev–Trinajstić information content (AvgIpc) is 2.62. The van der Waals surface area contributed by atoms with E-state index in [0.29, 0.717) is 13.1 Å². The van der Waals surface area contributed by atoms with Crippen LogP contribution in [0.25, 0.3) is 0 Å². The molecule has 6 heteroatoms. The number of nitrogens with two attached hydrogens (primary N) is 1. The maximum atomic E-state index is 9.87. The summed E-state index contributed by atoms with van der Waals surface area (Å²) >= 11 is 0. The largest absolute Gasteiger partial charge is 0.399 e. The first kappa shape index (κ1) is 15.7. The van der Waals surface area contributed by atoms with Crippen molar-refractivity contribution in [3.63, 3.8) is 0 Å². The van der Waals surface area contributed by atoms with Gasteiger partial charge < -0.3 is 10.6 Å². The van der Waals surface area contributed by atoms with Gasteiger partial charge in [-0.2, -0.15) is 15.8 Å². The minimum Gasteiger partial charge on any atom is -0.399 e. The second-order valence-electron chi connectivity index (χ2n) is 6.18. The molecule has 2 aliphatic rings. The van der Waals surface area contributed by atoms with E-state index in [0.717, 1.165) is 11.1 Å². The Balaban J connectivity index is 2.33. The zero-order valence-corrected chi connectivity index (χ0v) is 13.3. The number of nitrogens with zero attached hydrogens (tertiary/aromatic N) is 5. The second kappa shape index (κ2) is 5.81. The molecule has 3 rings (SSSR count). The highest BCUT2D eigenvalue weighted by Crippen LogP contribution is 2.53. The fourth-order valence-electron chi connectivity index (χ4n) is 3.77. The fourth-order valence-corrected chi connectivity index (χ4v) is 3.77. The van der Waals surface area contributed by atoms with Crippen molar-refractivity contribution < 1.29 is 0 Å². The molecule has 0 fully saturated rings. The van der Waals surface area contributed by atoms with E-state index < -0.39 is 11.3 Å². The summed E-state index contributed by atoms with van der Waals surface area (Å²) in [6.07, 6.45) is 5.27. The first-order valence-corrected chi connectivity index (χ1v) is 7.60. The minimum absolute atomic E-state index is 0.0591. The van der Waals surface area contributed by atoms with Gasteiger partial charge in [0.1, 0.15) is 6.07 Å². The molecule has 2 atom stereocenters. The maximum absolute atomic E-state index is 9.87. The number of hydrogen-bond acceptors (Lipinski definition) is 6. The summed E-state index contributed by atoms with van der Waals surface area (Å²) in [5.41, 5.74) is 6.65. The van der Waals surface area contributed by atoms with Crippen LogP contribution in [0.1, 0.15) is 11.5 Å². The zero-order chi connectivity index (χ0) is 17.3. The van der Waals surface area contributed by atoms with Crippen molar-refractivity contribution in [2.45, 2.75) is 5.92 Å². The standard InChI is InChI=1S/C18H16N6/c1-24-7-4-13-14(8-19)17(22)18(10-20,11-21)16(15(13)9-24)12-2-5-23-6-3-12/h2-6,15-16H,7,9,22H2,1H3/t15-,16+/m0/s1. The molecule has 6 nitrogen and oxygen atoms in total. The molecule has 1 aliphatic carbocycles. The van der Waals surface area contributed by atoms with E-state index >= 15 is 0 Å². The van der Waals surface area contributed by atoms with E-state index in [2.05, 4.69) is 28.1 Å². The highest BCUT2D eigenvalue weighted by atomic mass is 15.1. The number of fused-ring (bicyclic) bond motifs is 1. The van der Waals surface area contributed by atoms with Gasteiger partial charge >= 0.3 is 0 Å². The number of aromatic nitrogens is 1. The molecule has 0 aromatic carbocycles. The summed E-state index contributed by atoms with van der Waals surface area (Å²) in [4.78, 5) is 6.13. The monoisotopic (exact) mass is 316 g/mol. The Hall–Kier alpha value is -3.14. The van der Waals surface area contributed by atoms with Crippen molar-refractivity contribution >= 4 is 0 Å². The van der Waals surface area contributed by atoms with Crippen LogP contribution in [-0.4, -0.2) is 30.0 Å². The molecule has 0 saturated heterocycles. The molecule has 1 aromatic heterocycles. The molecule has 2 heterocycles. The van der Waals surface area contributed by atoms with Crippen molar-refractivity contribution in [2.24, 2.45) is 17.1 Å². The number of allylic oxidation sites excluding steroid dienone is 2. The van der Waals surface area contributed by atoms with Crippen molar-refractivity contribution in [3.05, 3.63) is 53.0 Å². The van der Waals surface area contributed by atoms with Crippen molar-refractivity contribution in [1.29, 1.82) is 15.8 Å². The van der Waals surface area contributed by atoms with Gasteiger partial charge in [-0.3, -0.25) is 4.98 Å². The van der Waals surface area contributed by atoms with Crippen molar-refractivity contribution in [2.75, 3.05) is 20.1 Å². The van der Waals surface area contributed by atoms with Crippen LogP contribution in [0.2, 0.25) is 0 Å². The van der Waals surface area contributed by atoms with Gasteiger partial charge in [-0.1, -0.05) is 6.08 Å². The molecule has 0 spiro atoms. The number of hydrogen-bond donors (Lipinski definition) is 1. The Morgan fingerprint density at radius 3 is 2.50 bits per heavy atom. The van der Waals surface area contributed by atoms with Crippen LogP contribution in [0.3, 0.4) is 0 Å². The molecule has 118 valence electrons. The molecule has 0 bridgehead atoms. The van der Waals surface area contributed by atoms with E-state index in [9.17, 15) is 15.8 Å². The summed E-state index contributed by atoms with van der Waals surface area (Å²) in [5.74, 6) is -0.589. The predicted octanol–water partition coefficient (Wildman–Crippen LogP) is 1.44. The third-order valence-electron chi connectivity index (χ3n) is 4.91. The van der Waals surface area contributed by atoms with Gasteiger partial charge in [-0.25, -0.2) is 0 Å². The summed E-state index contributed by atoms with van der Waals surface area (Å²) in [6.45, 7) is 1.36. The van der Waals surface area contributed by atoms with Gasteiger partial charge in [0.15, 0.2) is 5.41 Å². The van der Waals surface area contributed by atoms with E-state index in [1.54, 1.807) is 12.4 Å². The van der Waals surface area contributed by atoms with Crippen LogP contribution in [0.4, 0.5) is 0 Å². The highest BCUT2D eigenvalue weighted by Gasteiger charge is 2.54. The van der Waals surface area contributed by atoms with Crippen LogP contribution in [0, 0.1) is 45.3 Å². The predicted molar refractivity (Wildman–Crippen MR) is 86.5 cm³/mol. The lowest BCUT2D eigenvalue weighted by atomic mass is 9.58. The molecule has 1 aliphatic heterocycles. The normalized spacial score (nSPS) is 25.7. The molecule has 24 heavy (non-hydrogen) atoms. The first-order valence-electron chi connectivity index (χ1n) is 7.60. The van der Waals surface area contributed by atoms with E-state index in [1.165, 1.54) is 0 Å². The Kier molecular flexibility index (Phi) is 3.81. The Morgan fingerprint density at radius 2 is 1.92 bits per heavy atom. The van der Waals surface area contributed by atoms with Crippen LogP contribution in [0.15, 0.2) is 47.4 Å². The summed E-state index contributed by atoms with van der Waals surface area (Å²) < 4.78 is 0. The molecule has 0 saturated carbocycles. The Labute approximate surface area is 140 Å². The molecular formula is C18H16N6.